The van der Waals surface area contributed by atoms with Gasteiger partial charge in [-0.25, -0.2) is 0 Å². The maximum Gasteiger partial charge on any atom is 0.254 e. The van der Waals surface area contributed by atoms with E-state index in [1.165, 1.54) is 0 Å². The highest BCUT2D eigenvalue weighted by atomic mass is 16.5. The Morgan fingerprint density at radius 1 is 1.70 bits per heavy atom. The molecule has 1 atom stereocenters. The van der Waals surface area contributed by atoms with Crippen molar-refractivity contribution in [3.63, 3.8) is 0 Å². The van der Waals surface area contributed by atoms with Crippen LogP contribution in [0.5, 0.6) is 0 Å². The summed E-state index contributed by atoms with van der Waals surface area (Å²) < 4.78 is 5.25. The van der Waals surface area contributed by atoms with E-state index in [4.69, 9.17) is 4.74 Å². The lowest BCUT2D eigenvalue weighted by Gasteiger charge is -2.23. The van der Waals surface area contributed by atoms with Crippen molar-refractivity contribution in [2.75, 3.05) is 6.73 Å². The first-order chi connectivity index (χ1) is 4.57. The lowest BCUT2D eigenvalue weighted by molar-refractivity contribution is -0.134. The molecule has 0 radical (unpaired) electrons. The van der Waals surface area contributed by atoms with Gasteiger partial charge < -0.3 is 10.1 Å². The van der Waals surface area contributed by atoms with E-state index in [0.717, 1.165) is 0 Å². The number of nitrogens with one attached hydrogen (secondary N) is 1. The Morgan fingerprint density at radius 2 is 2.30 bits per heavy atom. The monoisotopic (exact) mass is 143 g/mol. The fourth-order valence-electron chi connectivity index (χ4n) is 0.921. The van der Waals surface area contributed by atoms with Crippen LogP contribution in [0.2, 0.25) is 0 Å². The number of ether oxygens (including phenoxy) is 1. The van der Waals surface area contributed by atoms with Gasteiger partial charge in [0.05, 0.1) is 0 Å². The first kappa shape index (κ1) is 7.54. The maximum absolute atomic E-state index is 11.1. The number of amides is 1. The van der Waals surface area contributed by atoms with Crippen LogP contribution in [0.25, 0.3) is 0 Å². The number of carbonyl (C=O) groups is 1. The first-order valence-electron chi connectivity index (χ1n) is 3.49. The zero-order valence-corrected chi connectivity index (χ0v) is 6.60. The molecular formula is C7H13NO2. The Hall–Kier alpha value is -0.570. The standard InChI is InChI=1S/C7H13NO2/c1-5(2)7(3)6(9)8-4-10-7/h5H,4H2,1-3H3,(H,8,9). The Bertz CT molecular complexity index is 156. The molecule has 1 amide bonds. The SMILES string of the molecule is CC(C)C1(C)OCNC1=O. The number of rotatable bonds is 1. The molecule has 3 heteroatoms. The number of hydrogen-bond donors (Lipinski definition) is 1. The van der Waals surface area contributed by atoms with Crippen LogP contribution in [0.1, 0.15) is 20.8 Å². The second-order valence-corrected chi connectivity index (χ2v) is 3.06. The average Bonchev–Trinajstić information content (AvgIpc) is 2.15. The van der Waals surface area contributed by atoms with Crippen LogP contribution in [0.3, 0.4) is 0 Å². The van der Waals surface area contributed by atoms with Crippen LogP contribution in [-0.2, 0) is 9.53 Å². The van der Waals surface area contributed by atoms with E-state index in [1.54, 1.807) is 0 Å². The quantitative estimate of drug-likeness (QED) is 0.580. The molecule has 1 aliphatic heterocycles. The van der Waals surface area contributed by atoms with E-state index in [0.29, 0.717) is 6.73 Å². The van der Waals surface area contributed by atoms with Gasteiger partial charge >= 0.3 is 0 Å². The van der Waals surface area contributed by atoms with Gasteiger partial charge in [0.1, 0.15) is 12.3 Å². The molecular weight excluding hydrogens is 130 g/mol. The zero-order valence-electron chi connectivity index (χ0n) is 6.60. The molecule has 3 nitrogen and oxygen atoms in total. The fraction of sp³-hybridized carbons (Fsp3) is 0.857. The summed E-state index contributed by atoms with van der Waals surface area (Å²) in [6, 6.07) is 0. The molecule has 1 heterocycles. The van der Waals surface area contributed by atoms with Gasteiger partial charge in [-0.05, 0) is 12.8 Å². The summed E-state index contributed by atoms with van der Waals surface area (Å²) in [5.41, 5.74) is -0.597. The van der Waals surface area contributed by atoms with E-state index in [1.807, 2.05) is 20.8 Å². The molecule has 1 rings (SSSR count). The average molecular weight is 143 g/mol. The first-order valence-corrected chi connectivity index (χ1v) is 3.49. The van der Waals surface area contributed by atoms with Gasteiger partial charge in [0.2, 0.25) is 0 Å². The van der Waals surface area contributed by atoms with E-state index in [2.05, 4.69) is 5.32 Å². The van der Waals surface area contributed by atoms with Crippen molar-refractivity contribution in [3.8, 4) is 0 Å². The molecule has 1 unspecified atom stereocenters. The minimum Gasteiger partial charge on any atom is -0.345 e. The highest BCUT2D eigenvalue weighted by molar-refractivity contribution is 5.86. The lowest BCUT2D eigenvalue weighted by atomic mass is 9.92. The van der Waals surface area contributed by atoms with Crippen molar-refractivity contribution in [1.82, 2.24) is 5.32 Å². The van der Waals surface area contributed by atoms with Crippen molar-refractivity contribution >= 4 is 5.91 Å². The summed E-state index contributed by atoms with van der Waals surface area (Å²) in [6.07, 6.45) is 0. The van der Waals surface area contributed by atoms with Crippen LogP contribution >= 0.6 is 0 Å². The number of carbonyl (C=O) groups excluding carboxylic acids is 1. The molecule has 0 aromatic rings. The molecule has 0 bridgehead atoms. The highest BCUT2D eigenvalue weighted by Gasteiger charge is 2.41. The Kier molecular flexibility index (Phi) is 1.68. The van der Waals surface area contributed by atoms with E-state index in [-0.39, 0.29) is 11.8 Å². The second kappa shape index (κ2) is 2.23. The van der Waals surface area contributed by atoms with E-state index >= 15 is 0 Å². The molecule has 0 saturated carbocycles. The van der Waals surface area contributed by atoms with Crippen molar-refractivity contribution in [2.45, 2.75) is 26.4 Å². The topological polar surface area (TPSA) is 38.3 Å². The predicted octanol–water partition coefficient (Wildman–Crippen LogP) is 0.505. The van der Waals surface area contributed by atoms with E-state index < -0.39 is 5.60 Å². The minimum atomic E-state index is -0.597. The van der Waals surface area contributed by atoms with Crippen LogP contribution in [0.15, 0.2) is 0 Å². The van der Waals surface area contributed by atoms with Gasteiger partial charge in [-0.15, -0.1) is 0 Å². The van der Waals surface area contributed by atoms with Gasteiger partial charge in [-0.3, -0.25) is 4.79 Å². The Balaban J connectivity index is 2.75. The summed E-state index contributed by atoms with van der Waals surface area (Å²) >= 11 is 0. The second-order valence-electron chi connectivity index (χ2n) is 3.06. The Morgan fingerprint density at radius 3 is 2.50 bits per heavy atom. The third kappa shape index (κ3) is 0.904. The summed E-state index contributed by atoms with van der Waals surface area (Å²) in [5, 5.41) is 2.63. The van der Waals surface area contributed by atoms with Crippen molar-refractivity contribution in [2.24, 2.45) is 5.92 Å². The molecule has 58 valence electrons. The maximum atomic E-state index is 11.1. The fourth-order valence-corrected chi connectivity index (χ4v) is 0.921. The normalized spacial score (nSPS) is 33.0. The largest absolute Gasteiger partial charge is 0.345 e. The highest BCUT2D eigenvalue weighted by Crippen LogP contribution is 2.24. The molecule has 10 heavy (non-hydrogen) atoms. The Labute approximate surface area is 60.7 Å². The van der Waals surface area contributed by atoms with Gasteiger partial charge in [0, 0.05) is 0 Å². The molecule has 1 saturated heterocycles. The van der Waals surface area contributed by atoms with Crippen LogP contribution in [0.4, 0.5) is 0 Å². The molecule has 1 N–H and O–H groups in total. The number of hydrogen-bond acceptors (Lipinski definition) is 2. The third-order valence-electron chi connectivity index (χ3n) is 2.16. The summed E-state index contributed by atoms with van der Waals surface area (Å²) in [5.74, 6) is 0.234. The van der Waals surface area contributed by atoms with E-state index in [9.17, 15) is 4.79 Å². The summed E-state index contributed by atoms with van der Waals surface area (Å²) in [4.78, 5) is 11.1. The lowest BCUT2D eigenvalue weighted by Crippen LogP contribution is -2.40. The summed E-state index contributed by atoms with van der Waals surface area (Å²) in [6.45, 7) is 6.13. The molecule has 1 aliphatic rings. The van der Waals surface area contributed by atoms with Crippen LogP contribution < -0.4 is 5.32 Å². The third-order valence-corrected chi connectivity index (χ3v) is 2.16. The summed E-state index contributed by atoms with van der Waals surface area (Å²) in [7, 11) is 0. The zero-order chi connectivity index (χ0) is 7.78. The minimum absolute atomic E-state index is 0.00231. The van der Waals surface area contributed by atoms with Crippen LogP contribution in [0, 0.1) is 5.92 Å². The molecule has 0 aliphatic carbocycles. The van der Waals surface area contributed by atoms with Gasteiger partial charge in [-0.1, -0.05) is 13.8 Å². The van der Waals surface area contributed by atoms with Crippen LogP contribution in [-0.4, -0.2) is 18.2 Å². The molecule has 0 aromatic heterocycles. The molecule has 0 spiro atoms. The van der Waals surface area contributed by atoms with Crippen molar-refractivity contribution < 1.29 is 9.53 Å². The van der Waals surface area contributed by atoms with Crippen molar-refractivity contribution in [1.29, 1.82) is 0 Å². The molecule has 1 fully saturated rings. The van der Waals surface area contributed by atoms with Crippen molar-refractivity contribution in [3.05, 3.63) is 0 Å². The van der Waals surface area contributed by atoms with Gasteiger partial charge in [-0.2, -0.15) is 0 Å². The molecule has 0 aromatic carbocycles. The van der Waals surface area contributed by atoms with Gasteiger partial charge in [0.25, 0.3) is 5.91 Å². The smallest absolute Gasteiger partial charge is 0.254 e. The van der Waals surface area contributed by atoms with Gasteiger partial charge in [0.15, 0.2) is 0 Å². The predicted molar refractivity (Wildman–Crippen MR) is 37.3 cm³/mol.